The number of ketones is 1. The van der Waals surface area contributed by atoms with E-state index in [1.54, 1.807) is 13.8 Å². The van der Waals surface area contributed by atoms with Gasteiger partial charge in [0, 0.05) is 18.7 Å². The van der Waals surface area contributed by atoms with E-state index in [-0.39, 0.29) is 31.2 Å². The fraction of sp³-hybridized carbons (Fsp3) is 0.750. The number of ether oxygens (including phenoxy) is 1. The number of rotatable bonds is 2. The fourth-order valence-corrected chi connectivity index (χ4v) is 3.80. The van der Waals surface area contributed by atoms with Gasteiger partial charge < -0.3 is 14.7 Å². The summed E-state index contributed by atoms with van der Waals surface area (Å²) in [5.41, 5.74) is -5.11. The van der Waals surface area contributed by atoms with E-state index in [0.29, 0.717) is 13.0 Å². The first kappa shape index (κ1) is 17.4. The van der Waals surface area contributed by atoms with Crippen LogP contribution in [0.5, 0.6) is 0 Å². The summed E-state index contributed by atoms with van der Waals surface area (Å²) >= 11 is 0. The molecular formula is C16H20F3NO4. The Kier molecular flexibility index (Phi) is 3.84. The molecule has 1 N–H and O–H groups in total. The normalized spacial score (nSPS) is 33.4. The molecule has 0 aromatic carbocycles. The molecule has 2 aliphatic heterocycles. The van der Waals surface area contributed by atoms with Gasteiger partial charge in [0.15, 0.2) is 5.78 Å². The quantitative estimate of drug-likeness (QED) is 0.829. The van der Waals surface area contributed by atoms with Crippen LogP contribution >= 0.6 is 0 Å². The van der Waals surface area contributed by atoms with Crippen molar-refractivity contribution in [1.82, 2.24) is 4.90 Å². The summed E-state index contributed by atoms with van der Waals surface area (Å²) in [5, 5.41) is 10.2. The van der Waals surface area contributed by atoms with Crippen molar-refractivity contribution in [2.24, 2.45) is 5.41 Å². The van der Waals surface area contributed by atoms with E-state index in [1.165, 1.54) is 0 Å². The molecule has 134 valence electrons. The molecule has 8 heteroatoms. The smallest absolute Gasteiger partial charge is 0.376 e. The number of allylic oxidation sites excluding steroid dienone is 1. The summed E-state index contributed by atoms with van der Waals surface area (Å²) in [5.74, 6) is -2.30. The van der Waals surface area contributed by atoms with Gasteiger partial charge in [-0.15, -0.1) is 0 Å². The summed E-state index contributed by atoms with van der Waals surface area (Å²) in [6.07, 6.45) is -4.22. The fourth-order valence-electron chi connectivity index (χ4n) is 3.80. The van der Waals surface area contributed by atoms with Gasteiger partial charge in [-0.05, 0) is 24.7 Å². The molecule has 0 aromatic heterocycles. The molecule has 0 aromatic rings. The standard InChI is InChI=1S/C16H20F3NO4/c1-14(2)6-10-12(11(21)7-14)15(23,16(17,18)19)13(22)20(10)8-9-4-3-5-24-9/h9,23H,3-8H2,1-2H3/t9-,15-/m1/s1. The Morgan fingerprint density at radius 2 is 1.96 bits per heavy atom. The van der Waals surface area contributed by atoms with Gasteiger partial charge in [0.05, 0.1) is 18.2 Å². The lowest BCUT2D eigenvalue weighted by molar-refractivity contribution is -0.238. The van der Waals surface area contributed by atoms with E-state index in [1.807, 2.05) is 0 Å². The number of amides is 1. The summed E-state index contributed by atoms with van der Waals surface area (Å²) in [4.78, 5) is 25.8. The summed E-state index contributed by atoms with van der Waals surface area (Å²) in [6.45, 7) is 3.94. The highest BCUT2D eigenvalue weighted by Gasteiger charge is 2.70. The van der Waals surface area contributed by atoms with E-state index in [4.69, 9.17) is 4.74 Å². The van der Waals surface area contributed by atoms with Crippen molar-refractivity contribution in [2.45, 2.75) is 57.4 Å². The third-order valence-corrected chi connectivity index (χ3v) is 4.92. The number of Topliss-reactive ketones (excluding diaryl/α,β-unsaturated/α-hetero) is 1. The van der Waals surface area contributed by atoms with Crippen LogP contribution in [0.1, 0.15) is 39.5 Å². The lowest BCUT2D eigenvalue weighted by Crippen LogP contribution is -2.56. The van der Waals surface area contributed by atoms with Crippen molar-refractivity contribution in [3.05, 3.63) is 11.3 Å². The molecule has 2 atom stereocenters. The zero-order valence-corrected chi connectivity index (χ0v) is 13.6. The average Bonchev–Trinajstić information content (AvgIpc) is 2.99. The van der Waals surface area contributed by atoms with Crippen molar-refractivity contribution in [3.63, 3.8) is 0 Å². The number of hydrogen-bond acceptors (Lipinski definition) is 4. The summed E-state index contributed by atoms with van der Waals surface area (Å²) in [7, 11) is 0. The van der Waals surface area contributed by atoms with Gasteiger partial charge in [-0.1, -0.05) is 13.8 Å². The minimum absolute atomic E-state index is 0.00317. The highest BCUT2D eigenvalue weighted by molar-refractivity contribution is 6.11. The number of aliphatic hydroxyl groups is 1. The largest absolute Gasteiger partial charge is 0.430 e. The maximum atomic E-state index is 13.5. The Morgan fingerprint density at radius 3 is 2.50 bits per heavy atom. The topological polar surface area (TPSA) is 66.8 Å². The van der Waals surface area contributed by atoms with Crippen LogP contribution in [-0.2, 0) is 14.3 Å². The van der Waals surface area contributed by atoms with E-state index in [2.05, 4.69) is 0 Å². The zero-order chi connectivity index (χ0) is 17.9. The third-order valence-electron chi connectivity index (χ3n) is 4.92. The summed E-state index contributed by atoms with van der Waals surface area (Å²) < 4.78 is 45.9. The van der Waals surface area contributed by atoms with Crippen molar-refractivity contribution < 1.29 is 32.6 Å². The predicted molar refractivity (Wildman–Crippen MR) is 76.7 cm³/mol. The van der Waals surface area contributed by atoms with E-state index in [9.17, 15) is 27.9 Å². The molecule has 0 saturated carbocycles. The van der Waals surface area contributed by atoms with Crippen LogP contribution in [0.2, 0.25) is 0 Å². The van der Waals surface area contributed by atoms with Gasteiger partial charge in [0.2, 0.25) is 0 Å². The number of nitrogens with zero attached hydrogens (tertiary/aromatic N) is 1. The Hall–Kier alpha value is -1.41. The molecule has 1 amide bonds. The number of carbonyl (C=O) groups is 2. The molecule has 0 spiro atoms. The summed E-state index contributed by atoms with van der Waals surface area (Å²) in [6, 6.07) is 0. The second-order valence-electron chi connectivity index (χ2n) is 7.52. The first-order chi connectivity index (χ1) is 11.0. The molecule has 0 bridgehead atoms. The Labute approximate surface area is 137 Å². The number of hydrogen-bond donors (Lipinski definition) is 1. The van der Waals surface area contributed by atoms with E-state index < -0.39 is 34.5 Å². The maximum Gasteiger partial charge on any atom is 0.430 e. The highest BCUT2D eigenvalue weighted by atomic mass is 19.4. The van der Waals surface area contributed by atoms with Gasteiger partial charge in [-0.25, -0.2) is 0 Å². The molecule has 5 nitrogen and oxygen atoms in total. The lowest BCUT2D eigenvalue weighted by atomic mass is 9.73. The van der Waals surface area contributed by atoms with Crippen LogP contribution < -0.4 is 0 Å². The Bertz CT molecular complexity index is 619. The van der Waals surface area contributed by atoms with Crippen LogP contribution in [-0.4, -0.2) is 52.7 Å². The van der Waals surface area contributed by atoms with Crippen LogP contribution in [0, 0.1) is 5.41 Å². The number of carbonyl (C=O) groups excluding carboxylic acids is 2. The molecule has 1 aliphatic carbocycles. The third kappa shape index (κ3) is 2.47. The molecule has 24 heavy (non-hydrogen) atoms. The van der Waals surface area contributed by atoms with Crippen LogP contribution in [0.15, 0.2) is 11.3 Å². The Balaban J connectivity index is 2.07. The van der Waals surface area contributed by atoms with Crippen molar-refractivity contribution >= 4 is 11.7 Å². The monoisotopic (exact) mass is 347 g/mol. The van der Waals surface area contributed by atoms with Crippen molar-refractivity contribution in [1.29, 1.82) is 0 Å². The van der Waals surface area contributed by atoms with Gasteiger partial charge in [0.1, 0.15) is 0 Å². The van der Waals surface area contributed by atoms with Gasteiger partial charge in [-0.2, -0.15) is 13.2 Å². The van der Waals surface area contributed by atoms with E-state index in [0.717, 1.165) is 11.3 Å². The molecule has 3 aliphatic rings. The molecule has 1 saturated heterocycles. The van der Waals surface area contributed by atoms with Gasteiger partial charge in [-0.3, -0.25) is 9.59 Å². The van der Waals surface area contributed by atoms with Crippen LogP contribution in [0.3, 0.4) is 0 Å². The van der Waals surface area contributed by atoms with Crippen molar-refractivity contribution in [3.8, 4) is 0 Å². The first-order valence-electron chi connectivity index (χ1n) is 7.97. The molecule has 2 heterocycles. The zero-order valence-electron chi connectivity index (χ0n) is 13.6. The number of halogens is 3. The highest BCUT2D eigenvalue weighted by Crippen LogP contribution is 2.51. The van der Waals surface area contributed by atoms with Crippen LogP contribution in [0.4, 0.5) is 13.2 Å². The van der Waals surface area contributed by atoms with Crippen LogP contribution in [0.25, 0.3) is 0 Å². The van der Waals surface area contributed by atoms with Gasteiger partial charge in [0.25, 0.3) is 11.5 Å². The molecule has 3 rings (SSSR count). The second kappa shape index (κ2) is 5.29. The second-order valence-corrected chi connectivity index (χ2v) is 7.52. The Morgan fingerprint density at radius 1 is 1.29 bits per heavy atom. The number of alkyl halides is 3. The van der Waals surface area contributed by atoms with Gasteiger partial charge >= 0.3 is 6.18 Å². The molecule has 0 radical (unpaired) electrons. The average molecular weight is 347 g/mol. The van der Waals surface area contributed by atoms with E-state index >= 15 is 0 Å². The minimum Gasteiger partial charge on any atom is -0.376 e. The first-order valence-corrected chi connectivity index (χ1v) is 7.97. The lowest BCUT2D eigenvalue weighted by Gasteiger charge is -2.33. The van der Waals surface area contributed by atoms with Crippen molar-refractivity contribution in [2.75, 3.05) is 13.2 Å². The molecule has 1 fully saturated rings. The molecule has 0 unspecified atom stereocenters. The SMILES string of the molecule is CC1(C)CC(=O)C2=C(C1)N(C[C@H]1CCCO1)C(=O)[C@@]2(O)C(F)(F)F. The minimum atomic E-state index is -5.24. The molecular weight excluding hydrogens is 327 g/mol. The maximum absolute atomic E-state index is 13.5. The predicted octanol–water partition coefficient (Wildman–Crippen LogP) is 1.94.